The van der Waals surface area contributed by atoms with Crippen molar-refractivity contribution in [2.45, 2.75) is 6.61 Å². The number of ether oxygens (including phenoxy) is 3. The number of carbonyl (C=O) groups is 1. The summed E-state index contributed by atoms with van der Waals surface area (Å²) in [6.45, 7) is 0.383. The molecule has 24 heavy (non-hydrogen) atoms. The summed E-state index contributed by atoms with van der Waals surface area (Å²) in [6.07, 6.45) is 2.83. The number of fused-ring (bicyclic) bond motifs is 1. The van der Waals surface area contributed by atoms with Crippen LogP contribution in [0.2, 0.25) is 0 Å². The molecule has 2 aromatic rings. The Labute approximate surface area is 138 Å². The van der Waals surface area contributed by atoms with Crippen molar-refractivity contribution in [2.24, 2.45) is 0 Å². The van der Waals surface area contributed by atoms with Gasteiger partial charge in [-0.15, -0.1) is 0 Å². The van der Waals surface area contributed by atoms with Crippen molar-refractivity contribution in [3.05, 3.63) is 59.4 Å². The van der Waals surface area contributed by atoms with Gasteiger partial charge in [0.1, 0.15) is 17.3 Å². The first kappa shape index (κ1) is 16.0. The van der Waals surface area contributed by atoms with Crippen molar-refractivity contribution < 1.29 is 23.4 Å². The average molecular weight is 329 g/mol. The van der Waals surface area contributed by atoms with Gasteiger partial charge in [-0.05, 0) is 30.3 Å². The first-order valence-corrected chi connectivity index (χ1v) is 7.32. The van der Waals surface area contributed by atoms with Gasteiger partial charge >= 0.3 is 0 Å². The largest absolute Gasteiger partial charge is 0.495 e. The smallest absolute Gasteiger partial charge is 0.248 e. The molecule has 0 unspecified atom stereocenters. The van der Waals surface area contributed by atoms with Crippen LogP contribution in [0, 0.1) is 5.82 Å². The van der Waals surface area contributed by atoms with Crippen LogP contribution in [0.25, 0.3) is 6.08 Å². The Morgan fingerprint density at radius 2 is 2.17 bits per heavy atom. The minimum Gasteiger partial charge on any atom is -0.495 e. The Hall–Kier alpha value is -2.86. The van der Waals surface area contributed by atoms with E-state index < -0.39 is 5.82 Å². The van der Waals surface area contributed by atoms with Gasteiger partial charge in [0.05, 0.1) is 19.4 Å². The number of anilines is 1. The molecule has 5 nitrogen and oxygen atoms in total. The quantitative estimate of drug-likeness (QED) is 0.874. The van der Waals surface area contributed by atoms with E-state index >= 15 is 0 Å². The lowest BCUT2D eigenvalue weighted by atomic mass is 10.1. The number of para-hydroxylation sites is 2. The third-order valence-electron chi connectivity index (χ3n) is 3.48. The van der Waals surface area contributed by atoms with E-state index in [0.29, 0.717) is 28.3 Å². The number of nitrogens with one attached hydrogen (secondary N) is 1. The van der Waals surface area contributed by atoms with Crippen LogP contribution in [-0.4, -0.2) is 19.8 Å². The molecule has 124 valence electrons. The van der Waals surface area contributed by atoms with E-state index in [-0.39, 0.29) is 19.3 Å². The fraction of sp³-hybridized carbons (Fsp3) is 0.167. The van der Waals surface area contributed by atoms with Gasteiger partial charge in [-0.3, -0.25) is 4.79 Å². The lowest BCUT2D eigenvalue weighted by molar-refractivity contribution is -0.111. The van der Waals surface area contributed by atoms with Crippen molar-refractivity contribution in [1.29, 1.82) is 0 Å². The molecule has 3 rings (SSSR count). The highest BCUT2D eigenvalue weighted by Crippen LogP contribution is 2.30. The van der Waals surface area contributed by atoms with Crippen LogP contribution in [0.5, 0.6) is 11.5 Å². The van der Waals surface area contributed by atoms with E-state index in [2.05, 4.69) is 5.32 Å². The molecule has 2 aromatic carbocycles. The minimum absolute atomic E-state index is 0.104. The molecular formula is C18H16FNO4. The average Bonchev–Trinajstić information content (AvgIpc) is 2.60. The zero-order valence-electron chi connectivity index (χ0n) is 13.0. The van der Waals surface area contributed by atoms with Crippen molar-refractivity contribution >= 4 is 17.7 Å². The summed E-state index contributed by atoms with van der Waals surface area (Å²) in [6, 6.07) is 9.75. The fourth-order valence-corrected chi connectivity index (χ4v) is 2.42. The molecule has 0 aromatic heterocycles. The third-order valence-corrected chi connectivity index (χ3v) is 3.48. The number of methoxy groups -OCH3 is 1. The van der Waals surface area contributed by atoms with E-state index in [4.69, 9.17) is 14.2 Å². The molecule has 0 bridgehead atoms. The van der Waals surface area contributed by atoms with Crippen LogP contribution in [0.4, 0.5) is 10.1 Å². The zero-order chi connectivity index (χ0) is 16.9. The number of hydrogen-bond acceptors (Lipinski definition) is 4. The second-order valence-electron chi connectivity index (χ2n) is 5.12. The van der Waals surface area contributed by atoms with Crippen LogP contribution < -0.4 is 14.8 Å². The summed E-state index contributed by atoms with van der Waals surface area (Å²) in [7, 11) is 1.53. The summed E-state index contributed by atoms with van der Waals surface area (Å²) >= 11 is 0. The normalized spacial score (nSPS) is 13.2. The van der Waals surface area contributed by atoms with Crippen molar-refractivity contribution in [2.75, 3.05) is 19.2 Å². The van der Waals surface area contributed by atoms with E-state index in [0.717, 1.165) is 0 Å². The Morgan fingerprint density at radius 3 is 3.00 bits per heavy atom. The van der Waals surface area contributed by atoms with Gasteiger partial charge < -0.3 is 19.5 Å². The molecule has 1 N–H and O–H groups in total. The van der Waals surface area contributed by atoms with Gasteiger partial charge in [0.2, 0.25) is 5.91 Å². The number of carbonyl (C=O) groups excluding carboxylic acids is 1. The Morgan fingerprint density at radius 1 is 1.33 bits per heavy atom. The Bertz CT molecular complexity index is 789. The third kappa shape index (κ3) is 3.55. The molecule has 0 radical (unpaired) electrons. The van der Waals surface area contributed by atoms with Gasteiger partial charge in [0.15, 0.2) is 6.79 Å². The van der Waals surface area contributed by atoms with E-state index in [1.54, 1.807) is 18.2 Å². The van der Waals surface area contributed by atoms with Gasteiger partial charge in [0, 0.05) is 17.2 Å². The maximum Gasteiger partial charge on any atom is 0.248 e. The summed E-state index contributed by atoms with van der Waals surface area (Å²) in [5, 5.41) is 2.72. The van der Waals surface area contributed by atoms with Crippen molar-refractivity contribution in [3.63, 3.8) is 0 Å². The van der Waals surface area contributed by atoms with Crippen LogP contribution in [-0.2, 0) is 16.1 Å². The van der Waals surface area contributed by atoms with E-state index in [1.165, 1.54) is 31.4 Å². The SMILES string of the molecule is COc1ccccc1NC(=O)C=Cc1cc(F)cc2c1OCOC2. The Kier molecular flexibility index (Phi) is 4.77. The van der Waals surface area contributed by atoms with E-state index in [9.17, 15) is 9.18 Å². The predicted molar refractivity (Wildman–Crippen MR) is 87.3 cm³/mol. The molecule has 0 spiro atoms. The molecule has 0 atom stereocenters. The van der Waals surface area contributed by atoms with Gasteiger partial charge in [-0.1, -0.05) is 12.1 Å². The molecule has 1 aliphatic heterocycles. The highest BCUT2D eigenvalue weighted by atomic mass is 19.1. The predicted octanol–water partition coefficient (Wildman–Crippen LogP) is 3.35. The summed E-state index contributed by atoms with van der Waals surface area (Å²) in [5.41, 5.74) is 1.66. The highest BCUT2D eigenvalue weighted by Gasteiger charge is 2.15. The highest BCUT2D eigenvalue weighted by molar-refractivity contribution is 6.03. The zero-order valence-corrected chi connectivity index (χ0v) is 13.0. The van der Waals surface area contributed by atoms with Gasteiger partial charge in [0.25, 0.3) is 0 Å². The van der Waals surface area contributed by atoms with Crippen LogP contribution in [0.1, 0.15) is 11.1 Å². The number of benzene rings is 2. The standard InChI is InChI=1S/C18H16FNO4/c1-22-16-5-3-2-4-15(16)20-17(21)7-6-12-8-14(19)9-13-10-23-11-24-18(12)13/h2-9H,10-11H2,1H3,(H,20,21). The molecule has 0 aliphatic carbocycles. The van der Waals surface area contributed by atoms with Crippen LogP contribution in [0.15, 0.2) is 42.5 Å². The molecular weight excluding hydrogens is 313 g/mol. The topological polar surface area (TPSA) is 56.8 Å². The summed E-state index contributed by atoms with van der Waals surface area (Å²) in [5.74, 6) is 0.323. The Balaban J connectivity index is 1.78. The number of halogens is 1. The first-order valence-electron chi connectivity index (χ1n) is 7.32. The monoisotopic (exact) mass is 329 g/mol. The molecule has 0 saturated carbocycles. The molecule has 6 heteroatoms. The van der Waals surface area contributed by atoms with Gasteiger partial charge in [-0.2, -0.15) is 0 Å². The van der Waals surface area contributed by atoms with E-state index in [1.807, 2.05) is 6.07 Å². The lowest BCUT2D eigenvalue weighted by Gasteiger charge is -2.19. The van der Waals surface area contributed by atoms with Crippen LogP contribution >= 0.6 is 0 Å². The summed E-state index contributed by atoms with van der Waals surface area (Å²) in [4.78, 5) is 12.1. The van der Waals surface area contributed by atoms with Crippen molar-refractivity contribution in [3.8, 4) is 11.5 Å². The summed E-state index contributed by atoms with van der Waals surface area (Å²) < 4.78 is 29.4. The maximum absolute atomic E-state index is 13.7. The number of hydrogen-bond donors (Lipinski definition) is 1. The first-order chi connectivity index (χ1) is 11.7. The molecule has 1 amide bonds. The lowest BCUT2D eigenvalue weighted by Crippen LogP contribution is -2.13. The second-order valence-corrected chi connectivity index (χ2v) is 5.12. The number of rotatable bonds is 4. The maximum atomic E-state index is 13.7. The molecule has 1 heterocycles. The number of amides is 1. The van der Waals surface area contributed by atoms with Crippen LogP contribution in [0.3, 0.4) is 0 Å². The minimum atomic E-state index is -0.410. The molecule has 1 aliphatic rings. The molecule has 0 saturated heterocycles. The van der Waals surface area contributed by atoms with Crippen molar-refractivity contribution in [1.82, 2.24) is 0 Å². The fourth-order valence-electron chi connectivity index (χ4n) is 2.42. The second kappa shape index (κ2) is 7.14. The van der Waals surface area contributed by atoms with Gasteiger partial charge in [-0.25, -0.2) is 4.39 Å². The molecule has 0 fully saturated rings.